The van der Waals surface area contributed by atoms with Crippen molar-refractivity contribution in [2.24, 2.45) is 5.92 Å². The van der Waals surface area contributed by atoms with E-state index >= 15 is 0 Å². The molecule has 0 unspecified atom stereocenters. The molecule has 272 valence electrons. The molecule has 0 radical (unpaired) electrons. The summed E-state index contributed by atoms with van der Waals surface area (Å²) in [5.41, 5.74) is 20.8. The Labute approximate surface area is 320 Å². The summed E-state index contributed by atoms with van der Waals surface area (Å²) < 4.78 is 0. The van der Waals surface area contributed by atoms with E-state index in [1.165, 1.54) is 104 Å². The first-order valence-electron chi connectivity index (χ1n) is 20.2. The van der Waals surface area contributed by atoms with Gasteiger partial charge in [0.25, 0.3) is 6.71 Å². The molecule has 0 aromatic heterocycles. The summed E-state index contributed by atoms with van der Waals surface area (Å²) in [7, 11) is 0. The van der Waals surface area contributed by atoms with Crippen molar-refractivity contribution in [1.82, 2.24) is 0 Å². The Bertz CT molecular complexity index is 2170. The van der Waals surface area contributed by atoms with Gasteiger partial charge in [0, 0.05) is 34.1 Å². The molecule has 2 aliphatic heterocycles. The summed E-state index contributed by atoms with van der Waals surface area (Å²) in [4.78, 5) is 5.20. The van der Waals surface area contributed by atoms with Crippen molar-refractivity contribution in [1.29, 1.82) is 0 Å². The first-order valence-corrected chi connectivity index (χ1v) is 20.2. The Morgan fingerprint density at radius 1 is 0.604 bits per heavy atom. The standard InChI is InChI=1S/C50H59BN2/c1-32-29-44-47-45(30-32)53(39-26-21-36(22-27-39)49(6,7)8)43-31-37(50(9,10)11)23-28-42(43)51(47)46(41-18-13-12-17-40(41)34-15-14-16-34)33(2)52(44)38-24-19-35(20-25-38)48(3,4)5/h13,18-31,34H,12,14-17H2,1-11H3. The maximum atomic E-state index is 2.60. The Kier molecular flexibility index (Phi) is 8.56. The molecule has 4 aromatic rings. The lowest BCUT2D eigenvalue weighted by Crippen LogP contribution is -2.56. The molecule has 8 rings (SSSR count). The highest BCUT2D eigenvalue weighted by atomic mass is 15.2. The van der Waals surface area contributed by atoms with Gasteiger partial charge in [-0.15, -0.1) is 0 Å². The quantitative estimate of drug-likeness (QED) is 0.196. The number of anilines is 5. The predicted molar refractivity (Wildman–Crippen MR) is 231 cm³/mol. The van der Waals surface area contributed by atoms with Gasteiger partial charge < -0.3 is 9.80 Å². The van der Waals surface area contributed by atoms with Gasteiger partial charge in [-0.1, -0.05) is 123 Å². The summed E-state index contributed by atoms with van der Waals surface area (Å²) in [6, 6.07) is 31.2. The van der Waals surface area contributed by atoms with Crippen molar-refractivity contribution in [3.8, 4) is 0 Å². The first kappa shape index (κ1) is 35.8. The second-order valence-corrected chi connectivity index (χ2v) is 19.4. The normalized spacial score (nSPS) is 17.7. The van der Waals surface area contributed by atoms with Crippen LogP contribution in [0.1, 0.15) is 124 Å². The minimum absolute atomic E-state index is 0.0258. The van der Waals surface area contributed by atoms with Crippen LogP contribution in [0.4, 0.5) is 28.4 Å². The van der Waals surface area contributed by atoms with Gasteiger partial charge in [0.05, 0.1) is 0 Å². The van der Waals surface area contributed by atoms with Gasteiger partial charge in [-0.3, -0.25) is 0 Å². The maximum absolute atomic E-state index is 2.60. The van der Waals surface area contributed by atoms with Crippen molar-refractivity contribution in [3.63, 3.8) is 0 Å². The highest BCUT2D eigenvalue weighted by molar-refractivity contribution is 6.96. The van der Waals surface area contributed by atoms with E-state index in [9.17, 15) is 0 Å². The van der Waals surface area contributed by atoms with Gasteiger partial charge in [0.1, 0.15) is 0 Å². The van der Waals surface area contributed by atoms with Crippen LogP contribution in [0.25, 0.3) is 0 Å². The molecular weight excluding hydrogens is 639 g/mol. The molecule has 0 bridgehead atoms. The number of allylic oxidation sites excluding steroid dienone is 6. The number of hydrogen-bond acceptors (Lipinski definition) is 2. The molecule has 2 heterocycles. The van der Waals surface area contributed by atoms with E-state index in [1.807, 2.05) is 0 Å². The zero-order valence-corrected chi connectivity index (χ0v) is 34.2. The molecule has 4 aromatic carbocycles. The summed E-state index contributed by atoms with van der Waals surface area (Å²) in [6.45, 7) is 25.7. The average Bonchev–Trinajstić information content (AvgIpc) is 3.07. The molecule has 0 saturated heterocycles. The zero-order valence-electron chi connectivity index (χ0n) is 34.2. The lowest BCUT2D eigenvalue weighted by atomic mass is 9.31. The lowest BCUT2D eigenvalue weighted by molar-refractivity contribution is 0.357. The van der Waals surface area contributed by atoms with Crippen LogP contribution in [0.5, 0.6) is 0 Å². The number of nitrogens with zero attached hydrogens (tertiary/aromatic N) is 2. The predicted octanol–water partition coefficient (Wildman–Crippen LogP) is 12.7. The third-order valence-corrected chi connectivity index (χ3v) is 12.6. The molecule has 4 aliphatic rings. The molecule has 2 nitrogen and oxygen atoms in total. The van der Waals surface area contributed by atoms with E-state index in [0.29, 0.717) is 5.92 Å². The van der Waals surface area contributed by atoms with Crippen molar-refractivity contribution in [2.45, 2.75) is 125 Å². The number of fused-ring (bicyclic) bond motifs is 2. The highest BCUT2D eigenvalue weighted by Crippen LogP contribution is 2.49. The van der Waals surface area contributed by atoms with Crippen LogP contribution >= 0.6 is 0 Å². The summed E-state index contributed by atoms with van der Waals surface area (Å²) in [6.07, 6.45) is 11.3. The fourth-order valence-electron chi connectivity index (χ4n) is 9.28. The Morgan fingerprint density at radius 3 is 1.66 bits per heavy atom. The monoisotopic (exact) mass is 698 g/mol. The van der Waals surface area contributed by atoms with Crippen molar-refractivity contribution in [3.05, 3.63) is 136 Å². The third-order valence-electron chi connectivity index (χ3n) is 12.6. The van der Waals surface area contributed by atoms with Crippen LogP contribution in [0.15, 0.2) is 113 Å². The summed E-state index contributed by atoms with van der Waals surface area (Å²) in [5, 5.41) is 0. The zero-order chi connectivity index (χ0) is 37.6. The van der Waals surface area contributed by atoms with Crippen LogP contribution in [0.3, 0.4) is 0 Å². The smallest absolute Gasteiger partial charge is 0.252 e. The molecule has 0 N–H and O–H groups in total. The molecule has 0 amide bonds. The van der Waals surface area contributed by atoms with Crippen LogP contribution in [-0.2, 0) is 16.2 Å². The van der Waals surface area contributed by atoms with Crippen LogP contribution < -0.4 is 20.7 Å². The second-order valence-electron chi connectivity index (χ2n) is 19.4. The number of rotatable bonds is 4. The van der Waals surface area contributed by atoms with E-state index in [-0.39, 0.29) is 23.0 Å². The van der Waals surface area contributed by atoms with Gasteiger partial charge in [-0.2, -0.15) is 0 Å². The first-order chi connectivity index (χ1) is 25.0. The van der Waals surface area contributed by atoms with Crippen molar-refractivity contribution < 1.29 is 0 Å². The molecule has 0 spiro atoms. The third kappa shape index (κ3) is 6.13. The Morgan fingerprint density at radius 2 is 1.13 bits per heavy atom. The Hall–Kier alpha value is -4.24. The topological polar surface area (TPSA) is 6.48 Å². The average molecular weight is 699 g/mol. The molecule has 2 aliphatic carbocycles. The minimum Gasteiger partial charge on any atom is -0.315 e. The fourth-order valence-corrected chi connectivity index (χ4v) is 9.28. The minimum atomic E-state index is 0.0258. The van der Waals surface area contributed by atoms with Gasteiger partial charge in [0.2, 0.25) is 0 Å². The second kappa shape index (κ2) is 12.7. The Balaban J connectivity index is 1.45. The SMILES string of the molecule is CC1=C(C2=C(C3CCC3)CCC=C2)B2c3ccc(C(C)(C)C)cc3N(c3ccc(C(C)(C)C)cc3)c3cc(C)cc(c32)N1c1ccc(C(C)(C)C)cc1. The van der Waals surface area contributed by atoms with Crippen LogP contribution in [0, 0.1) is 12.8 Å². The number of benzene rings is 4. The van der Waals surface area contributed by atoms with Gasteiger partial charge in [0.15, 0.2) is 0 Å². The lowest BCUT2D eigenvalue weighted by Gasteiger charge is -2.46. The maximum Gasteiger partial charge on any atom is 0.252 e. The molecule has 1 saturated carbocycles. The van der Waals surface area contributed by atoms with Gasteiger partial charge in [-0.05, 0) is 148 Å². The number of aryl methyl sites for hydroxylation is 1. The van der Waals surface area contributed by atoms with Crippen LogP contribution in [-0.4, -0.2) is 6.71 Å². The molecular formula is C50H59BN2. The van der Waals surface area contributed by atoms with Gasteiger partial charge in [-0.25, -0.2) is 0 Å². The largest absolute Gasteiger partial charge is 0.315 e. The van der Waals surface area contributed by atoms with E-state index in [0.717, 1.165) is 6.42 Å². The molecule has 53 heavy (non-hydrogen) atoms. The van der Waals surface area contributed by atoms with E-state index < -0.39 is 0 Å². The van der Waals surface area contributed by atoms with E-state index in [1.54, 1.807) is 5.57 Å². The van der Waals surface area contributed by atoms with E-state index in [4.69, 9.17) is 0 Å². The molecule has 3 heteroatoms. The van der Waals surface area contributed by atoms with Crippen molar-refractivity contribution in [2.75, 3.05) is 9.80 Å². The van der Waals surface area contributed by atoms with Crippen LogP contribution in [0.2, 0.25) is 0 Å². The summed E-state index contributed by atoms with van der Waals surface area (Å²) in [5.74, 6) is 0.706. The van der Waals surface area contributed by atoms with Crippen molar-refractivity contribution >= 4 is 46.1 Å². The fraction of sp³-hybridized carbons (Fsp3) is 0.400. The highest BCUT2D eigenvalue weighted by Gasteiger charge is 2.46. The number of hydrogen-bond donors (Lipinski definition) is 0. The summed E-state index contributed by atoms with van der Waals surface area (Å²) >= 11 is 0. The molecule has 1 fully saturated rings. The molecule has 0 atom stereocenters. The van der Waals surface area contributed by atoms with E-state index in [2.05, 4.69) is 177 Å². The van der Waals surface area contributed by atoms with Gasteiger partial charge >= 0.3 is 0 Å².